The van der Waals surface area contributed by atoms with E-state index in [4.69, 9.17) is 0 Å². The molecule has 2 aromatic carbocycles. The number of hydrogen-bond donors (Lipinski definition) is 1. The van der Waals surface area contributed by atoms with Gasteiger partial charge in [-0.1, -0.05) is 42.5 Å². The van der Waals surface area contributed by atoms with Crippen molar-refractivity contribution < 1.29 is 4.79 Å². The number of carbonyl (C=O) groups is 1. The van der Waals surface area contributed by atoms with Gasteiger partial charge in [0.05, 0.1) is 0 Å². The van der Waals surface area contributed by atoms with Crippen molar-refractivity contribution in [2.24, 2.45) is 0 Å². The van der Waals surface area contributed by atoms with E-state index in [-0.39, 0.29) is 6.03 Å². The zero-order chi connectivity index (χ0) is 15.2. The Morgan fingerprint density at radius 2 is 1.68 bits per heavy atom. The summed E-state index contributed by atoms with van der Waals surface area (Å²) in [7, 11) is 0. The van der Waals surface area contributed by atoms with Crippen LogP contribution in [-0.4, -0.2) is 42.0 Å². The molecule has 0 aromatic heterocycles. The third-order valence-electron chi connectivity index (χ3n) is 3.88. The van der Waals surface area contributed by atoms with Gasteiger partial charge in [0.25, 0.3) is 0 Å². The highest BCUT2D eigenvalue weighted by molar-refractivity contribution is 5.89. The van der Waals surface area contributed by atoms with Crippen LogP contribution in [0.15, 0.2) is 54.6 Å². The number of anilines is 1. The number of piperazine rings is 1. The molecule has 4 heteroatoms. The van der Waals surface area contributed by atoms with Gasteiger partial charge in [-0.15, -0.1) is 0 Å². The van der Waals surface area contributed by atoms with Gasteiger partial charge in [0.2, 0.25) is 0 Å². The Kier molecular flexibility index (Phi) is 4.71. The molecule has 1 fully saturated rings. The van der Waals surface area contributed by atoms with Crippen LogP contribution >= 0.6 is 0 Å². The van der Waals surface area contributed by atoms with Crippen LogP contribution in [0.1, 0.15) is 5.56 Å². The normalized spacial score (nSPS) is 15.5. The van der Waals surface area contributed by atoms with E-state index in [2.05, 4.69) is 40.5 Å². The zero-order valence-corrected chi connectivity index (χ0v) is 12.5. The first-order valence-electron chi connectivity index (χ1n) is 7.59. The highest BCUT2D eigenvalue weighted by Gasteiger charge is 2.20. The number of carbonyl (C=O) groups excluding carboxylic acids is 1. The van der Waals surface area contributed by atoms with Crippen molar-refractivity contribution in [2.45, 2.75) is 6.54 Å². The van der Waals surface area contributed by atoms with Crippen LogP contribution in [0.5, 0.6) is 0 Å². The minimum absolute atomic E-state index is 0.0226. The van der Waals surface area contributed by atoms with Crippen LogP contribution in [0.4, 0.5) is 10.5 Å². The van der Waals surface area contributed by atoms with Gasteiger partial charge in [0.1, 0.15) is 0 Å². The van der Waals surface area contributed by atoms with E-state index in [1.54, 1.807) is 12.1 Å². The number of urea groups is 1. The number of amides is 2. The number of hydrogen-bond acceptors (Lipinski definition) is 2. The van der Waals surface area contributed by atoms with E-state index in [0.29, 0.717) is 0 Å². The van der Waals surface area contributed by atoms with Crippen molar-refractivity contribution in [1.82, 2.24) is 9.80 Å². The second-order valence-electron chi connectivity index (χ2n) is 5.47. The fourth-order valence-electron chi connectivity index (χ4n) is 2.62. The Labute approximate surface area is 131 Å². The van der Waals surface area contributed by atoms with E-state index in [1.807, 2.05) is 23.1 Å². The molecule has 3 rings (SSSR count). The number of benzene rings is 2. The van der Waals surface area contributed by atoms with Gasteiger partial charge < -0.3 is 10.2 Å². The molecule has 0 aliphatic carbocycles. The lowest BCUT2D eigenvalue weighted by atomic mass is 10.2. The summed E-state index contributed by atoms with van der Waals surface area (Å²) in [4.78, 5) is 16.5. The first-order valence-corrected chi connectivity index (χ1v) is 7.59. The van der Waals surface area contributed by atoms with Gasteiger partial charge in [0, 0.05) is 38.4 Å². The summed E-state index contributed by atoms with van der Waals surface area (Å²) < 4.78 is 0. The molecule has 2 amide bonds. The Hall–Kier alpha value is -2.33. The monoisotopic (exact) mass is 294 g/mol. The lowest BCUT2D eigenvalue weighted by Crippen LogP contribution is -2.49. The molecule has 1 radical (unpaired) electrons. The molecule has 113 valence electrons. The Bertz CT molecular complexity index is 592. The molecule has 0 unspecified atom stereocenters. The summed E-state index contributed by atoms with van der Waals surface area (Å²) in [5, 5.41) is 2.92. The fraction of sp³-hybridized carbons (Fsp3) is 0.278. The van der Waals surface area contributed by atoms with Crippen LogP contribution < -0.4 is 5.32 Å². The maximum Gasteiger partial charge on any atom is 0.321 e. The lowest BCUT2D eigenvalue weighted by Gasteiger charge is -2.34. The summed E-state index contributed by atoms with van der Waals surface area (Å²) in [6, 6.07) is 20.7. The standard InChI is InChI=1S/C18H20N3O/c22-18(19-17-9-5-2-6-10-17)21-13-11-20(12-14-21)15-16-7-3-1-4-8-16/h1,3-10H,11-15H2,(H,19,22). The molecule has 0 saturated carbocycles. The van der Waals surface area contributed by atoms with Gasteiger partial charge in [-0.2, -0.15) is 0 Å². The second-order valence-corrected chi connectivity index (χ2v) is 5.47. The van der Waals surface area contributed by atoms with Crippen LogP contribution in [0.25, 0.3) is 0 Å². The van der Waals surface area contributed by atoms with Crippen molar-refractivity contribution in [1.29, 1.82) is 0 Å². The average Bonchev–Trinajstić information content (AvgIpc) is 2.57. The molecular formula is C18H20N3O. The molecule has 1 saturated heterocycles. The minimum Gasteiger partial charge on any atom is -0.322 e. The molecule has 1 aliphatic rings. The molecule has 1 aliphatic heterocycles. The third-order valence-corrected chi connectivity index (χ3v) is 3.88. The summed E-state index contributed by atoms with van der Waals surface area (Å²) in [5.41, 5.74) is 2.14. The van der Waals surface area contributed by atoms with Crippen LogP contribution in [0.3, 0.4) is 0 Å². The molecule has 0 bridgehead atoms. The predicted octanol–water partition coefficient (Wildman–Crippen LogP) is 2.84. The Morgan fingerprint density at radius 1 is 1.00 bits per heavy atom. The first kappa shape index (κ1) is 14.6. The van der Waals surface area contributed by atoms with Gasteiger partial charge in [0.15, 0.2) is 0 Å². The summed E-state index contributed by atoms with van der Waals surface area (Å²) in [5.74, 6) is 0. The molecule has 0 spiro atoms. The summed E-state index contributed by atoms with van der Waals surface area (Å²) >= 11 is 0. The topological polar surface area (TPSA) is 35.6 Å². The molecule has 4 nitrogen and oxygen atoms in total. The van der Waals surface area contributed by atoms with E-state index in [9.17, 15) is 4.79 Å². The first-order chi connectivity index (χ1) is 10.8. The van der Waals surface area contributed by atoms with E-state index >= 15 is 0 Å². The van der Waals surface area contributed by atoms with Crippen molar-refractivity contribution >= 4 is 11.7 Å². The van der Waals surface area contributed by atoms with Gasteiger partial charge in [-0.25, -0.2) is 4.79 Å². The second kappa shape index (κ2) is 7.09. The predicted molar refractivity (Wildman–Crippen MR) is 87.6 cm³/mol. The highest BCUT2D eigenvalue weighted by Crippen LogP contribution is 2.11. The number of nitrogens with zero attached hydrogens (tertiary/aromatic N) is 2. The average molecular weight is 294 g/mol. The molecular weight excluding hydrogens is 274 g/mol. The van der Waals surface area contributed by atoms with Crippen molar-refractivity contribution in [2.75, 3.05) is 31.5 Å². The van der Waals surface area contributed by atoms with E-state index in [1.165, 1.54) is 5.56 Å². The fourth-order valence-corrected chi connectivity index (χ4v) is 2.62. The van der Waals surface area contributed by atoms with Gasteiger partial charge >= 0.3 is 6.03 Å². The van der Waals surface area contributed by atoms with Crippen LogP contribution in [-0.2, 0) is 6.54 Å². The summed E-state index contributed by atoms with van der Waals surface area (Å²) in [6.45, 7) is 4.29. The lowest BCUT2D eigenvalue weighted by molar-refractivity contribution is 0.143. The van der Waals surface area contributed by atoms with Gasteiger partial charge in [-0.3, -0.25) is 4.90 Å². The van der Waals surface area contributed by atoms with Crippen molar-refractivity contribution in [3.63, 3.8) is 0 Å². The maximum atomic E-state index is 12.2. The molecule has 22 heavy (non-hydrogen) atoms. The van der Waals surface area contributed by atoms with Crippen molar-refractivity contribution in [3.05, 3.63) is 66.2 Å². The van der Waals surface area contributed by atoms with Crippen LogP contribution in [0.2, 0.25) is 0 Å². The smallest absolute Gasteiger partial charge is 0.321 e. The number of nitrogens with one attached hydrogen (secondary N) is 1. The van der Waals surface area contributed by atoms with Gasteiger partial charge in [-0.05, 0) is 23.8 Å². The quantitative estimate of drug-likeness (QED) is 0.945. The molecule has 2 aromatic rings. The Morgan fingerprint density at radius 3 is 2.36 bits per heavy atom. The SMILES string of the molecule is O=C(Nc1cc[c]cc1)N1CCN(Cc2ccccc2)CC1. The molecule has 0 atom stereocenters. The number of rotatable bonds is 3. The highest BCUT2D eigenvalue weighted by atomic mass is 16.2. The summed E-state index contributed by atoms with van der Waals surface area (Å²) in [6.07, 6.45) is 0. The van der Waals surface area contributed by atoms with Crippen LogP contribution in [0, 0.1) is 6.07 Å². The molecule has 1 heterocycles. The zero-order valence-electron chi connectivity index (χ0n) is 12.5. The third kappa shape index (κ3) is 3.86. The minimum atomic E-state index is -0.0226. The molecule has 1 N–H and O–H groups in total. The van der Waals surface area contributed by atoms with E-state index < -0.39 is 0 Å². The van der Waals surface area contributed by atoms with Crippen molar-refractivity contribution in [3.8, 4) is 0 Å². The maximum absolute atomic E-state index is 12.2. The Balaban J connectivity index is 1.48. The van der Waals surface area contributed by atoms with E-state index in [0.717, 1.165) is 38.4 Å². The largest absolute Gasteiger partial charge is 0.322 e.